The van der Waals surface area contributed by atoms with Gasteiger partial charge in [0.25, 0.3) is 5.91 Å². The molecular weight excluding hydrogens is 484 g/mol. The van der Waals surface area contributed by atoms with Gasteiger partial charge in [0.15, 0.2) is 11.3 Å². The number of amides is 2. The van der Waals surface area contributed by atoms with Crippen LogP contribution in [0.15, 0.2) is 71.3 Å². The molecular formula is C29H28N4O5. The number of furan rings is 1. The summed E-state index contributed by atoms with van der Waals surface area (Å²) < 4.78 is 16.9. The van der Waals surface area contributed by atoms with Crippen molar-refractivity contribution in [2.45, 2.75) is 6.54 Å². The van der Waals surface area contributed by atoms with E-state index in [2.05, 4.69) is 10.3 Å². The van der Waals surface area contributed by atoms with Gasteiger partial charge in [-0.3, -0.25) is 9.59 Å². The first-order valence-electron chi connectivity index (χ1n) is 12.3. The van der Waals surface area contributed by atoms with Crippen LogP contribution in [-0.4, -0.2) is 55.1 Å². The first-order valence-corrected chi connectivity index (χ1v) is 12.3. The number of hydrogen-bond acceptors (Lipinski definition) is 7. The number of pyridine rings is 1. The maximum atomic E-state index is 12.8. The van der Waals surface area contributed by atoms with E-state index in [0.717, 1.165) is 22.1 Å². The third kappa shape index (κ3) is 5.68. The Morgan fingerprint density at radius 2 is 1.87 bits per heavy atom. The standard InChI is InChI=1S/C29H28N4O5/c1-36-25-16-22(20-4-6-21(7-5-20)29(35)33-10-12-37-13-11-33)14-23-15-24(38-28(23)25)18-32-27(34)9-3-19-2-8-26(30)31-17-19/h2-9,14-17H,10-13,18H2,1H3,(H2,30,31)(H,32,34). The van der Waals surface area contributed by atoms with Gasteiger partial charge in [-0.15, -0.1) is 0 Å². The first-order chi connectivity index (χ1) is 18.5. The van der Waals surface area contributed by atoms with E-state index in [0.29, 0.717) is 54.8 Å². The SMILES string of the molecule is COc1cc(-c2ccc(C(=O)N3CCOCC3)cc2)cc2cc(CNC(=O)C=Cc3ccc(N)nc3)oc12. The Morgan fingerprint density at radius 3 is 2.58 bits per heavy atom. The Bertz CT molecular complexity index is 1470. The number of hydrogen-bond donors (Lipinski definition) is 2. The topological polar surface area (TPSA) is 120 Å². The zero-order valence-corrected chi connectivity index (χ0v) is 21.0. The Hall–Kier alpha value is -4.63. The molecule has 4 aromatic rings. The van der Waals surface area contributed by atoms with Gasteiger partial charge in [0.2, 0.25) is 5.91 Å². The zero-order chi connectivity index (χ0) is 26.5. The van der Waals surface area contributed by atoms with Crippen molar-refractivity contribution in [2.24, 2.45) is 0 Å². The maximum absolute atomic E-state index is 12.8. The molecule has 194 valence electrons. The molecule has 0 bridgehead atoms. The number of nitrogens with two attached hydrogens (primary N) is 1. The predicted molar refractivity (Wildman–Crippen MR) is 144 cm³/mol. The number of rotatable bonds is 7. The van der Waals surface area contributed by atoms with Gasteiger partial charge in [0.05, 0.1) is 26.9 Å². The molecule has 1 aliphatic heterocycles. The minimum Gasteiger partial charge on any atom is -0.493 e. The summed E-state index contributed by atoms with van der Waals surface area (Å²) in [5.74, 6) is 1.35. The summed E-state index contributed by atoms with van der Waals surface area (Å²) in [6, 6.07) is 16.8. The lowest BCUT2D eigenvalue weighted by molar-refractivity contribution is -0.116. The summed E-state index contributed by atoms with van der Waals surface area (Å²) >= 11 is 0. The van der Waals surface area contributed by atoms with Crippen LogP contribution < -0.4 is 15.8 Å². The third-order valence-corrected chi connectivity index (χ3v) is 6.29. The highest BCUT2D eigenvalue weighted by Crippen LogP contribution is 2.34. The predicted octanol–water partition coefficient (Wildman–Crippen LogP) is 3.89. The normalized spacial score (nSPS) is 13.7. The molecule has 9 nitrogen and oxygen atoms in total. The van der Waals surface area contributed by atoms with E-state index in [4.69, 9.17) is 19.6 Å². The van der Waals surface area contributed by atoms with Crippen LogP contribution in [-0.2, 0) is 16.1 Å². The summed E-state index contributed by atoms with van der Waals surface area (Å²) in [7, 11) is 1.59. The Kier molecular flexibility index (Phi) is 7.37. The van der Waals surface area contributed by atoms with Gasteiger partial charge in [0.1, 0.15) is 11.6 Å². The Balaban J connectivity index is 1.29. The second-order valence-corrected chi connectivity index (χ2v) is 8.86. The number of aromatic nitrogens is 1. The van der Waals surface area contributed by atoms with E-state index in [1.165, 1.54) is 6.08 Å². The van der Waals surface area contributed by atoms with Crippen molar-refractivity contribution >= 4 is 34.7 Å². The lowest BCUT2D eigenvalue weighted by Gasteiger charge is -2.26. The van der Waals surface area contributed by atoms with Crippen LogP contribution in [0.25, 0.3) is 28.2 Å². The number of nitrogens with one attached hydrogen (secondary N) is 1. The molecule has 0 spiro atoms. The minimum atomic E-state index is -0.262. The molecule has 2 aromatic heterocycles. The van der Waals surface area contributed by atoms with Crippen LogP contribution in [0.1, 0.15) is 21.7 Å². The molecule has 5 rings (SSSR count). The molecule has 38 heavy (non-hydrogen) atoms. The molecule has 0 aliphatic carbocycles. The van der Waals surface area contributed by atoms with Crippen molar-refractivity contribution in [2.75, 3.05) is 39.1 Å². The quantitative estimate of drug-likeness (QED) is 0.361. The number of benzene rings is 2. The van der Waals surface area contributed by atoms with Gasteiger partial charge >= 0.3 is 0 Å². The lowest BCUT2D eigenvalue weighted by atomic mass is 10.0. The molecule has 3 heterocycles. The smallest absolute Gasteiger partial charge is 0.254 e. The minimum absolute atomic E-state index is 0.00869. The van der Waals surface area contributed by atoms with Crippen molar-refractivity contribution in [3.63, 3.8) is 0 Å². The van der Waals surface area contributed by atoms with Crippen LogP contribution in [0.4, 0.5) is 5.82 Å². The number of nitrogen functional groups attached to an aromatic ring is 1. The zero-order valence-electron chi connectivity index (χ0n) is 21.0. The number of carbonyl (C=O) groups excluding carboxylic acids is 2. The summed E-state index contributed by atoms with van der Waals surface area (Å²) in [6.45, 7) is 2.56. The summed E-state index contributed by atoms with van der Waals surface area (Å²) in [4.78, 5) is 30.8. The van der Waals surface area contributed by atoms with Crippen molar-refractivity contribution in [3.8, 4) is 16.9 Å². The third-order valence-electron chi connectivity index (χ3n) is 6.29. The molecule has 2 amide bonds. The number of fused-ring (bicyclic) bond motifs is 1. The molecule has 2 aromatic carbocycles. The molecule has 1 saturated heterocycles. The number of anilines is 1. The van der Waals surface area contributed by atoms with E-state index in [9.17, 15) is 9.59 Å². The fourth-order valence-corrected chi connectivity index (χ4v) is 4.25. The Morgan fingerprint density at radius 1 is 1.08 bits per heavy atom. The van der Waals surface area contributed by atoms with Gasteiger partial charge in [-0.25, -0.2) is 4.98 Å². The van der Waals surface area contributed by atoms with Gasteiger partial charge < -0.3 is 29.8 Å². The number of carbonyl (C=O) groups is 2. The lowest BCUT2D eigenvalue weighted by Crippen LogP contribution is -2.40. The van der Waals surface area contributed by atoms with Crippen LogP contribution in [0.5, 0.6) is 5.75 Å². The van der Waals surface area contributed by atoms with Crippen LogP contribution >= 0.6 is 0 Å². The van der Waals surface area contributed by atoms with Gasteiger partial charge in [0, 0.05) is 36.3 Å². The van der Waals surface area contributed by atoms with Gasteiger partial charge in [-0.05, 0) is 65.2 Å². The summed E-state index contributed by atoms with van der Waals surface area (Å²) in [6.07, 6.45) is 4.69. The van der Waals surface area contributed by atoms with Crippen LogP contribution in [0.2, 0.25) is 0 Å². The fourth-order valence-electron chi connectivity index (χ4n) is 4.25. The number of nitrogens with zero attached hydrogens (tertiary/aromatic N) is 2. The number of methoxy groups -OCH3 is 1. The Labute approximate surface area is 219 Å². The number of morpholine rings is 1. The largest absolute Gasteiger partial charge is 0.493 e. The van der Waals surface area contributed by atoms with Crippen molar-refractivity contribution in [3.05, 3.63) is 83.8 Å². The van der Waals surface area contributed by atoms with E-state index >= 15 is 0 Å². The van der Waals surface area contributed by atoms with E-state index in [-0.39, 0.29) is 18.4 Å². The second kappa shape index (κ2) is 11.2. The van der Waals surface area contributed by atoms with Crippen molar-refractivity contribution in [1.82, 2.24) is 15.2 Å². The highest BCUT2D eigenvalue weighted by atomic mass is 16.5. The molecule has 0 unspecified atom stereocenters. The number of ether oxygens (including phenoxy) is 2. The molecule has 0 atom stereocenters. The van der Waals surface area contributed by atoms with E-state index < -0.39 is 0 Å². The molecule has 0 radical (unpaired) electrons. The first kappa shape index (κ1) is 25.0. The van der Waals surface area contributed by atoms with E-state index in [1.54, 1.807) is 31.5 Å². The van der Waals surface area contributed by atoms with Gasteiger partial charge in [-0.1, -0.05) is 12.1 Å². The summed E-state index contributed by atoms with van der Waals surface area (Å²) in [5.41, 5.74) is 9.47. The van der Waals surface area contributed by atoms with Crippen LogP contribution in [0.3, 0.4) is 0 Å². The van der Waals surface area contributed by atoms with Gasteiger partial charge in [-0.2, -0.15) is 0 Å². The van der Waals surface area contributed by atoms with Crippen molar-refractivity contribution < 1.29 is 23.5 Å². The molecule has 3 N–H and O–H groups in total. The molecule has 9 heteroatoms. The average molecular weight is 513 g/mol. The molecule has 0 saturated carbocycles. The average Bonchev–Trinajstić information content (AvgIpc) is 3.38. The molecule has 1 aliphatic rings. The monoisotopic (exact) mass is 512 g/mol. The van der Waals surface area contributed by atoms with Crippen LogP contribution in [0, 0.1) is 0 Å². The van der Waals surface area contributed by atoms with E-state index in [1.807, 2.05) is 47.4 Å². The highest BCUT2D eigenvalue weighted by Gasteiger charge is 2.19. The second-order valence-electron chi connectivity index (χ2n) is 8.86. The molecule has 1 fully saturated rings. The summed E-state index contributed by atoms with van der Waals surface area (Å²) in [5, 5.41) is 3.67. The van der Waals surface area contributed by atoms with Crippen molar-refractivity contribution in [1.29, 1.82) is 0 Å². The highest BCUT2D eigenvalue weighted by molar-refractivity contribution is 5.95. The maximum Gasteiger partial charge on any atom is 0.254 e. The fraction of sp³-hybridized carbons (Fsp3) is 0.207.